The molecule has 17 heavy (non-hydrogen) atoms. The number of hydrogen-bond donors (Lipinski definition) is 1. The molecule has 0 saturated carbocycles. The van der Waals surface area contributed by atoms with Crippen molar-refractivity contribution >= 4 is 11.4 Å². The number of ketones is 1. The summed E-state index contributed by atoms with van der Waals surface area (Å²) < 4.78 is 0. The van der Waals surface area contributed by atoms with E-state index in [-0.39, 0.29) is 5.78 Å². The maximum Gasteiger partial charge on any atom is 0.149 e. The number of Topliss-reactive ketones (excluding diaryl/α,β-unsaturated/α-hetero) is 1. The van der Waals surface area contributed by atoms with Crippen molar-refractivity contribution in [2.24, 2.45) is 5.73 Å². The Morgan fingerprint density at radius 3 is 2.47 bits per heavy atom. The minimum absolute atomic E-state index is 0.0189. The summed E-state index contributed by atoms with van der Waals surface area (Å²) in [6.45, 7) is 7.39. The molecule has 0 unspecified atom stereocenters. The van der Waals surface area contributed by atoms with E-state index in [1.165, 1.54) is 11.1 Å². The Morgan fingerprint density at radius 2 is 2.00 bits per heavy atom. The zero-order valence-electron chi connectivity index (χ0n) is 11.1. The normalized spacial score (nSPS) is 15.5. The molecule has 0 heterocycles. The van der Waals surface area contributed by atoms with Crippen LogP contribution in [0.2, 0.25) is 0 Å². The molecule has 2 heteroatoms. The number of nitrogens with two attached hydrogens (primary N) is 1. The molecule has 0 radical (unpaired) electrons. The zero-order valence-corrected chi connectivity index (χ0v) is 11.1. The highest BCUT2D eigenvalue weighted by atomic mass is 16.1. The van der Waals surface area contributed by atoms with Crippen LogP contribution >= 0.6 is 0 Å². The maximum atomic E-state index is 11.5. The Kier molecular flexibility index (Phi) is 4.24. The quantitative estimate of drug-likeness (QED) is 0.865. The van der Waals surface area contributed by atoms with Gasteiger partial charge in [-0.1, -0.05) is 30.3 Å². The average molecular weight is 231 g/mol. The summed E-state index contributed by atoms with van der Waals surface area (Å²) in [6, 6.07) is 8.16. The van der Waals surface area contributed by atoms with Crippen LogP contribution in [0.15, 0.2) is 30.3 Å². The standard InChI is InChI=1S/C15H21NO/c1-5-13(10-15(4,16)12(3)17)14-9-7-6-8-11(14)2/h5-9H,10,16H2,1-4H3/b13-5-/t15-/m0/s1. The third-order valence-corrected chi connectivity index (χ3v) is 3.20. The van der Waals surface area contributed by atoms with Gasteiger partial charge >= 0.3 is 0 Å². The van der Waals surface area contributed by atoms with Gasteiger partial charge in [0, 0.05) is 0 Å². The molecule has 0 bridgehead atoms. The smallest absolute Gasteiger partial charge is 0.149 e. The van der Waals surface area contributed by atoms with Gasteiger partial charge in [-0.25, -0.2) is 0 Å². The summed E-state index contributed by atoms with van der Waals surface area (Å²) in [4.78, 5) is 11.5. The minimum Gasteiger partial charge on any atom is -0.319 e. The molecule has 92 valence electrons. The molecule has 2 N–H and O–H groups in total. The van der Waals surface area contributed by atoms with E-state index in [0.717, 1.165) is 5.57 Å². The summed E-state index contributed by atoms with van der Waals surface area (Å²) in [5, 5.41) is 0. The summed E-state index contributed by atoms with van der Waals surface area (Å²) >= 11 is 0. The first-order valence-corrected chi connectivity index (χ1v) is 5.89. The van der Waals surface area contributed by atoms with Gasteiger partial charge in [-0.3, -0.25) is 4.79 Å². The van der Waals surface area contributed by atoms with Crippen molar-refractivity contribution in [3.05, 3.63) is 41.5 Å². The van der Waals surface area contributed by atoms with Gasteiger partial charge in [-0.2, -0.15) is 0 Å². The number of carbonyl (C=O) groups excluding carboxylic acids is 1. The molecular formula is C15H21NO. The minimum atomic E-state index is -0.788. The van der Waals surface area contributed by atoms with Gasteiger partial charge in [0.15, 0.2) is 0 Å². The Labute approximate surface area is 104 Å². The molecule has 1 rings (SSSR count). The number of benzene rings is 1. The molecule has 1 atom stereocenters. The second kappa shape index (κ2) is 5.28. The maximum absolute atomic E-state index is 11.5. The first-order valence-electron chi connectivity index (χ1n) is 5.89. The second-order valence-electron chi connectivity index (χ2n) is 4.78. The molecule has 2 nitrogen and oxygen atoms in total. The molecule has 0 aliphatic rings. The third kappa shape index (κ3) is 3.27. The molecule has 0 aliphatic heterocycles. The fraction of sp³-hybridized carbons (Fsp3) is 0.400. The molecule has 0 spiro atoms. The van der Waals surface area contributed by atoms with Crippen LogP contribution in [-0.2, 0) is 4.79 Å². The van der Waals surface area contributed by atoms with Gasteiger partial charge in [-0.15, -0.1) is 0 Å². The van der Waals surface area contributed by atoms with Gasteiger partial charge in [0.25, 0.3) is 0 Å². The highest BCUT2D eigenvalue weighted by Gasteiger charge is 2.26. The van der Waals surface area contributed by atoms with Crippen LogP contribution in [-0.4, -0.2) is 11.3 Å². The summed E-state index contributed by atoms with van der Waals surface area (Å²) in [5.74, 6) is 0.0189. The van der Waals surface area contributed by atoms with Crippen molar-refractivity contribution in [1.82, 2.24) is 0 Å². The second-order valence-corrected chi connectivity index (χ2v) is 4.78. The fourth-order valence-corrected chi connectivity index (χ4v) is 1.81. The van der Waals surface area contributed by atoms with E-state index >= 15 is 0 Å². The van der Waals surface area contributed by atoms with Gasteiger partial charge in [0.05, 0.1) is 5.54 Å². The molecular weight excluding hydrogens is 210 g/mol. The monoisotopic (exact) mass is 231 g/mol. The van der Waals surface area contributed by atoms with E-state index in [2.05, 4.69) is 19.1 Å². The lowest BCUT2D eigenvalue weighted by molar-refractivity contribution is -0.121. The van der Waals surface area contributed by atoms with E-state index in [1.807, 2.05) is 25.1 Å². The van der Waals surface area contributed by atoms with Crippen molar-refractivity contribution in [2.75, 3.05) is 0 Å². The number of allylic oxidation sites excluding steroid dienone is 1. The van der Waals surface area contributed by atoms with Crippen LogP contribution in [0.4, 0.5) is 0 Å². The van der Waals surface area contributed by atoms with Gasteiger partial charge in [0.1, 0.15) is 5.78 Å². The fourth-order valence-electron chi connectivity index (χ4n) is 1.81. The Bertz CT molecular complexity index is 444. The van der Waals surface area contributed by atoms with Crippen LogP contribution in [0.25, 0.3) is 5.57 Å². The highest BCUT2D eigenvalue weighted by Crippen LogP contribution is 2.26. The molecule has 0 saturated heterocycles. The number of carbonyl (C=O) groups is 1. The summed E-state index contributed by atoms with van der Waals surface area (Å²) in [7, 11) is 0. The molecule has 1 aromatic rings. The summed E-state index contributed by atoms with van der Waals surface area (Å²) in [6.07, 6.45) is 2.61. The van der Waals surface area contributed by atoms with Crippen LogP contribution in [0.5, 0.6) is 0 Å². The first-order chi connectivity index (χ1) is 7.88. The van der Waals surface area contributed by atoms with E-state index < -0.39 is 5.54 Å². The van der Waals surface area contributed by atoms with Gasteiger partial charge < -0.3 is 5.73 Å². The van der Waals surface area contributed by atoms with Crippen molar-refractivity contribution in [2.45, 2.75) is 39.7 Å². The van der Waals surface area contributed by atoms with Crippen LogP contribution in [0, 0.1) is 6.92 Å². The SMILES string of the molecule is C/C=C(/C[C@](C)(N)C(C)=O)c1ccccc1C. The lowest BCUT2D eigenvalue weighted by Gasteiger charge is -2.23. The van der Waals surface area contributed by atoms with Crippen LogP contribution in [0.3, 0.4) is 0 Å². The number of aryl methyl sites for hydroxylation is 1. The molecule has 1 aromatic carbocycles. The first kappa shape index (κ1) is 13.7. The van der Waals surface area contributed by atoms with E-state index in [4.69, 9.17) is 5.73 Å². The zero-order chi connectivity index (χ0) is 13.1. The van der Waals surface area contributed by atoms with Crippen molar-refractivity contribution in [1.29, 1.82) is 0 Å². The van der Waals surface area contributed by atoms with Gasteiger partial charge in [-0.05, 0) is 50.8 Å². The van der Waals surface area contributed by atoms with Crippen molar-refractivity contribution in [3.63, 3.8) is 0 Å². The molecule has 0 fully saturated rings. The van der Waals surface area contributed by atoms with Crippen molar-refractivity contribution < 1.29 is 4.79 Å². The van der Waals surface area contributed by atoms with Crippen molar-refractivity contribution in [3.8, 4) is 0 Å². The predicted octanol–water partition coefficient (Wildman–Crippen LogP) is 3.09. The van der Waals surface area contributed by atoms with E-state index in [9.17, 15) is 4.79 Å². The molecule has 0 aromatic heterocycles. The summed E-state index contributed by atoms with van der Waals surface area (Å²) in [5.41, 5.74) is 8.76. The van der Waals surface area contributed by atoms with E-state index in [1.54, 1.807) is 13.8 Å². The van der Waals surface area contributed by atoms with Crippen LogP contribution < -0.4 is 5.73 Å². The lowest BCUT2D eigenvalue weighted by atomic mass is 9.86. The Morgan fingerprint density at radius 1 is 1.41 bits per heavy atom. The Hall–Kier alpha value is -1.41. The van der Waals surface area contributed by atoms with Gasteiger partial charge in [0.2, 0.25) is 0 Å². The number of hydrogen-bond acceptors (Lipinski definition) is 2. The molecule has 0 aliphatic carbocycles. The largest absolute Gasteiger partial charge is 0.319 e. The third-order valence-electron chi connectivity index (χ3n) is 3.20. The van der Waals surface area contributed by atoms with Crippen LogP contribution in [0.1, 0.15) is 38.3 Å². The highest BCUT2D eigenvalue weighted by molar-refractivity contribution is 5.88. The van der Waals surface area contributed by atoms with E-state index in [0.29, 0.717) is 6.42 Å². The lowest BCUT2D eigenvalue weighted by Crippen LogP contribution is -2.43. The topological polar surface area (TPSA) is 43.1 Å². The number of rotatable bonds is 4. The molecule has 0 amide bonds. The predicted molar refractivity (Wildman–Crippen MR) is 72.7 cm³/mol. The Balaban J connectivity index is 3.04. The average Bonchev–Trinajstić information content (AvgIpc) is 2.26.